The molecule has 176 valence electrons. The van der Waals surface area contributed by atoms with Crippen LogP contribution in [0.25, 0.3) is 0 Å². The van der Waals surface area contributed by atoms with Crippen LogP contribution in [0.1, 0.15) is 6.92 Å². The van der Waals surface area contributed by atoms with E-state index in [1.54, 1.807) is 31.2 Å². The summed E-state index contributed by atoms with van der Waals surface area (Å²) >= 11 is 0. The van der Waals surface area contributed by atoms with Crippen molar-refractivity contribution >= 4 is 33.0 Å². The van der Waals surface area contributed by atoms with Gasteiger partial charge in [0.05, 0.1) is 28.1 Å². The Kier molecular flexibility index (Phi) is 6.37. The van der Waals surface area contributed by atoms with Crippen LogP contribution in [0.15, 0.2) is 77.7 Å². The number of sulfonamides is 1. The molecule has 1 aliphatic heterocycles. The van der Waals surface area contributed by atoms with Crippen molar-refractivity contribution in [3.8, 4) is 11.5 Å². The first kappa shape index (κ1) is 23.1. The summed E-state index contributed by atoms with van der Waals surface area (Å²) < 4.78 is 38.9. The molecule has 3 aromatic carbocycles. The number of anilines is 2. The van der Waals surface area contributed by atoms with Gasteiger partial charge in [0.15, 0.2) is 6.61 Å². The van der Waals surface area contributed by atoms with Gasteiger partial charge in [-0.25, -0.2) is 8.42 Å². The molecule has 0 bridgehead atoms. The highest BCUT2D eigenvalue weighted by atomic mass is 32.2. The molecule has 34 heavy (non-hydrogen) atoms. The first-order valence-corrected chi connectivity index (χ1v) is 11.7. The van der Waals surface area contributed by atoms with E-state index in [9.17, 15) is 23.3 Å². The number of hydrogen-bond acceptors (Lipinski definition) is 7. The Hall–Kier alpha value is -4.12. The lowest BCUT2D eigenvalue weighted by Gasteiger charge is -2.34. The van der Waals surface area contributed by atoms with Crippen LogP contribution in [-0.4, -0.2) is 38.5 Å². The molecule has 3 aromatic rings. The van der Waals surface area contributed by atoms with Gasteiger partial charge in [-0.1, -0.05) is 18.2 Å². The molecule has 0 saturated heterocycles. The van der Waals surface area contributed by atoms with Crippen LogP contribution in [0, 0.1) is 10.1 Å². The number of carbonyl (C=O) groups excluding carboxylic acids is 1. The number of nitrogens with one attached hydrogen (secondary N) is 1. The lowest BCUT2D eigenvalue weighted by Crippen LogP contribution is -2.42. The van der Waals surface area contributed by atoms with E-state index in [0.717, 1.165) is 0 Å². The molecule has 0 radical (unpaired) electrons. The van der Waals surface area contributed by atoms with Gasteiger partial charge < -0.3 is 14.8 Å². The number of ether oxygens (including phenoxy) is 2. The number of rotatable bonds is 7. The number of non-ortho nitro benzene ring substituents is 1. The van der Waals surface area contributed by atoms with Gasteiger partial charge in [0.2, 0.25) is 0 Å². The third-order valence-electron chi connectivity index (χ3n) is 5.01. The molecule has 1 amide bonds. The maximum absolute atomic E-state index is 13.3. The summed E-state index contributed by atoms with van der Waals surface area (Å²) in [5.74, 6) is 0.182. The van der Waals surface area contributed by atoms with E-state index in [-0.39, 0.29) is 35.6 Å². The van der Waals surface area contributed by atoms with E-state index in [0.29, 0.717) is 17.1 Å². The standard InChI is InChI=1S/C23H21N3O7S/c1-16-14-25(21-7-2-3-8-22(21)33-16)34(30,31)20-11-9-17(10-12-20)24-23(27)15-32-19-6-4-5-18(13-19)26(28)29/h2-13,16H,14-15H2,1H3,(H,24,27)/t16-/m1/s1. The van der Waals surface area contributed by atoms with Crippen LogP contribution in [0.5, 0.6) is 11.5 Å². The zero-order chi connectivity index (χ0) is 24.3. The van der Waals surface area contributed by atoms with Crippen molar-refractivity contribution in [2.45, 2.75) is 17.9 Å². The molecule has 0 unspecified atom stereocenters. The number of benzene rings is 3. The summed E-state index contributed by atoms with van der Waals surface area (Å²) in [7, 11) is -3.85. The van der Waals surface area contributed by atoms with Gasteiger partial charge in [-0.05, 0) is 49.4 Å². The van der Waals surface area contributed by atoms with Crippen LogP contribution in [0.4, 0.5) is 17.1 Å². The minimum Gasteiger partial charge on any atom is -0.487 e. The highest BCUT2D eigenvalue weighted by Gasteiger charge is 2.32. The first-order chi connectivity index (χ1) is 16.2. The number of nitro groups is 1. The average Bonchev–Trinajstić information content (AvgIpc) is 2.82. The lowest BCUT2D eigenvalue weighted by atomic mass is 10.2. The number of para-hydroxylation sites is 2. The summed E-state index contributed by atoms with van der Waals surface area (Å²) in [6.07, 6.45) is -0.311. The van der Waals surface area contributed by atoms with Crippen LogP contribution < -0.4 is 19.1 Å². The molecule has 0 aliphatic carbocycles. The van der Waals surface area contributed by atoms with Gasteiger partial charge >= 0.3 is 0 Å². The van der Waals surface area contributed by atoms with Crippen molar-refractivity contribution in [1.29, 1.82) is 0 Å². The Bertz CT molecular complexity index is 1330. The van der Waals surface area contributed by atoms with Crippen LogP contribution >= 0.6 is 0 Å². The molecule has 10 nitrogen and oxygen atoms in total. The topological polar surface area (TPSA) is 128 Å². The fourth-order valence-corrected chi connectivity index (χ4v) is 5.00. The molecule has 1 N–H and O–H groups in total. The zero-order valence-electron chi connectivity index (χ0n) is 18.1. The highest BCUT2D eigenvalue weighted by molar-refractivity contribution is 7.92. The minimum absolute atomic E-state index is 0.0715. The normalized spacial score (nSPS) is 15.1. The van der Waals surface area contributed by atoms with Crippen molar-refractivity contribution in [2.24, 2.45) is 0 Å². The largest absolute Gasteiger partial charge is 0.487 e. The number of nitro benzene ring substituents is 1. The lowest BCUT2D eigenvalue weighted by molar-refractivity contribution is -0.384. The monoisotopic (exact) mass is 483 g/mol. The summed E-state index contributed by atoms with van der Waals surface area (Å²) in [6.45, 7) is 1.60. The first-order valence-electron chi connectivity index (χ1n) is 10.3. The minimum atomic E-state index is -3.85. The van der Waals surface area contributed by atoms with Gasteiger partial charge in [0.25, 0.3) is 21.6 Å². The SMILES string of the molecule is C[C@@H]1CN(S(=O)(=O)c2ccc(NC(=O)COc3cccc([N+](=O)[O-])c3)cc2)c2ccccc2O1. The van der Waals surface area contributed by atoms with Gasteiger partial charge in [-0.2, -0.15) is 0 Å². The second kappa shape index (κ2) is 9.40. The molecule has 1 heterocycles. The molecular weight excluding hydrogens is 462 g/mol. The van der Waals surface area contributed by atoms with E-state index in [1.807, 2.05) is 0 Å². The van der Waals surface area contributed by atoms with E-state index >= 15 is 0 Å². The van der Waals surface area contributed by atoms with Crippen molar-refractivity contribution in [2.75, 3.05) is 22.8 Å². The van der Waals surface area contributed by atoms with Gasteiger partial charge in [-0.3, -0.25) is 19.2 Å². The molecule has 0 saturated carbocycles. The predicted molar refractivity (Wildman–Crippen MR) is 125 cm³/mol. The molecule has 1 aliphatic rings. The fraction of sp³-hybridized carbons (Fsp3) is 0.174. The van der Waals surface area contributed by atoms with E-state index in [2.05, 4.69) is 5.32 Å². The van der Waals surface area contributed by atoms with Crippen LogP contribution in [0.3, 0.4) is 0 Å². The summed E-state index contributed by atoms with van der Waals surface area (Å²) in [5, 5.41) is 13.4. The number of carbonyl (C=O) groups is 1. The Morgan fingerprint density at radius 1 is 1.15 bits per heavy atom. The van der Waals surface area contributed by atoms with Crippen molar-refractivity contribution in [3.05, 3.63) is 82.9 Å². The Morgan fingerprint density at radius 3 is 2.62 bits per heavy atom. The molecule has 4 rings (SSSR count). The van der Waals surface area contributed by atoms with Crippen molar-refractivity contribution < 1.29 is 27.6 Å². The van der Waals surface area contributed by atoms with Crippen molar-refractivity contribution in [3.63, 3.8) is 0 Å². The van der Waals surface area contributed by atoms with E-state index in [1.165, 1.54) is 52.8 Å². The molecule has 11 heteroatoms. The predicted octanol–water partition coefficient (Wildman–Crippen LogP) is 3.59. The Balaban J connectivity index is 1.42. The third kappa shape index (κ3) is 4.94. The molecule has 0 spiro atoms. The summed E-state index contributed by atoms with van der Waals surface area (Å²) in [4.78, 5) is 22.5. The summed E-state index contributed by atoms with van der Waals surface area (Å²) in [6, 6.07) is 18.2. The smallest absolute Gasteiger partial charge is 0.273 e. The fourth-order valence-electron chi connectivity index (χ4n) is 3.45. The molecule has 0 aromatic heterocycles. The number of fused-ring (bicyclic) bond motifs is 1. The Labute approximate surface area is 195 Å². The molecule has 0 fully saturated rings. The summed E-state index contributed by atoms with van der Waals surface area (Å²) in [5.41, 5.74) is 0.700. The second-order valence-corrected chi connectivity index (χ2v) is 9.41. The van der Waals surface area contributed by atoms with Gasteiger partial charge in [-0.15, -0.1) is 0 Å². The number of amides is 1. The maximum Gasteiger partial charge on any atom is 0.273 e. The highest BCUT2D eigenvalue weighted by Crippen LogP contribution is 2.36. The van der Waals surface area contributed by atoms with Gasteiger partial charge in [0, 0.05) is 11.8 Å². The maximum atomic E-state index is 13.3. The number of hydrogen-bond donors (Lipinski definition) is 1. The zero-order valence-corrected chi connectivity index (χ0v) is 18.9. The van der Waals surface area contributed by atoms with E-state index < -0.39 is 20.9 Å². The average molecular weight is 484 g/mol. The van der Waals surface area contributed by atoms with E-state index in [4.69, 9.17) is 9.47 Å². The third-order valence-corrected chi connectivity index (χ3v) is 6.80. The molecule has 1 atom stereocenters. The van der Waals surface area contributed by atoms with Gasteiger partial charge in [0.1, 0.15) is 17.6 Å². The Morgan fingerprint density at radius 2 is 1.88 bits per heavy atom. The second-order valence-electron chi connectivity index (χ2n) is 7.55. The number of nitrogens with zero attached hydrogens (tertiary/aromatic N) is 2. The van der Waals surface area contributed by atoms with Crippen molar-refractivity contribution in [1.82, 2.24) is 0 Å². The van der Waals surface area contributed by atoms with Crippen LogP contribution in [0.2, 0.25) is 0 Å². The molecular formula is C23H21N3O7S. The quantitative estimate of drug-likeness (QED) is 0.402. The van der Waals surface area contributed by atoms with Crippen LogP contribution in [-0.2, 0) is 14.8 Å².